The molecule has 0 bridgehead atoms. The van der Waals surface area contributed by atoms with Crippen LogP contribution in [0.4, 0.5) is 24.5 Å². The molecule has 1 atom stereocenters. The van der Waals surface area contributed by atoms with E-state index in [-0.39, 0.29) is 37.8 Å². The molecule has 0 saturated heterocycles. The number of alkyl halides is 3. The molecule has 3 N–H and O–H groups in total. The monoisotopic (exact) mass is 533 g/mol. The van der Waals surface area contributed by atoms with Crippen molar-refractivity contribution < 1.29 is 27.8 Å². The van der Waals surface area contributed by atoms with E-state index < -0.39 is 28.8 Å². The highest BCUT2D eigenvalue weighted by Gasteiger charge is 2.56. The van der Waals surface area contributed by atoms with Crippen LogP contribution in [0.15, 0.2) is 54.6 Å². The molecule has 34 heavy (non-hydrogen) atoms. The first-order valence-corrected chi connectivity index (χ1v) is 10.5. The van der Waals surface area contributed by atoms with Crippen LogP contribution >= 0.6 is 34.8 Å². The van der Waals surface area contributed by atoms with E-state index in [0.29, 0.717) is 0 Å². The third-order valence-corrected chi connectivity index (χ3v) is 5.79. The van der Waals surface area contributed by atoms with Gasteiger partial charge in [0.15, 0.2) is 5.75 Å². The summed E-state index contributed by atoms with van der Waals surface area (Å²) >= 11 is 18.1. The second-order valence-corrected chi connectivity index (χ2v) is 8.22. The maximum absolute atomic E-state index is 14.0. The number of carbonyl (C=O) groups is 1. The largest absolute Gasteiger partial charge is 0.761 e. The van der Waals surface area contributed by atoms with Gasteiger partial charge >= 0.3 is 6.18 Å². The number of anilines is 2. The fourth-order valence-corrected chi connectivity index (χ4v) is 3.99. The molecule has 1 amide bonds. The van der Waals surface area contributed by atoms with Crippen LogP contribution in [0, 0.1) is 5.21 Å². The van der Waals surface area contributed by atoms with Crippen LogP contribution in [0.2, 0.25) is 15.1 Å². The third-order valence-electron chi connectivity index (χ3n) is 4.94. The summed E-state index contributed by atoms with van der Waals surface area (Å²) < 4.78 is 47.2. The number of benzene rings is 3. The zero-order valence-corrected chi connectivity index (χ0v) is 19.4. The van der Waals surface area contributed by atoms with Crippen LogP contribution in [0.3, 0.4) is 0 Å². The number of hydrogen-bond donors (Lipinski definition) is 3. The fourth-order valence-electron chi connectivity index (χ4n) is 3.28. The van der Waals surface area contributed by atoms with E-state index in [1.165, 1.54) is 37.4 Å². The van der Waals surface area contributed by atoms with Gasteiger partial charge in [-0.1, -0.05) is 53.0 Å². The van der Waals surface area contributed by atoms with E-state index in [0.717, 1.165) is 24.3 Å². The van der Waals surface area contributed by atoms with Gasteiger partial charge in [-0.3, -0.25) is 4.79 Å². The summed E-state index contributed by atoms with van der Waals surface area (Å²) in [4.78, 5) is 12.8. The molecule has 0 aromatic heterocycles. The van der Waals surface area contributed by atoms with Crippen LogP contribution in [0.5, 0.6) is 5.75 Å². The first kappa shape index (κ1) is 25.9. The molecule has 12 heteroatoms. The molecule has 6 nitrogen and oxygen atoms in total. The molecule has 0 aliphatic carbocycles. The minimum Gasteiger partial charge on any atom is -0.761 e. The number of nitrogens with one attached hydrogen (secondary N) is 2. The summed E-state index contributed by atoms with van der Waals surface area (Å²) in [5, 5.41) is 23.7. The number of amides is 1. The lowest BCUT2D eigenvalue weighted by Crippen LogP contribution is -2.43. The lowest BCUT2D eigenvalue weighted by molar-refractivity contribution is -0.248. The summed E-state index contributed by atoms with van der Waals surface area (Å²) in [6.07, 6.45) is -5.16. The Kier molecular flexibility index (Phi) is 7.54. The van der Waals surface area contributed by atoms with Crippen LogP contribution in [0.25, 0.3) is 0 Å². The van der Waals surface area contributed by atoms with Crippen LogP contribution < -0.4 is 15.5 Å². The average Bonchev–Trinajstić information content (AvgIpc) is 2.79. The Morgan fingerprint density at radius 1 is 1.00 bits per heavy atom. The van der Waals surface area contributed by atoms with Crippen molar-refractivity contribution in [3.63, 3.8) is 0 Å². The van der Waals surface area contributed by atoms with Crippen molar-refractivity contribution >= 4 is 52.1 Å². The van der Waals surface area contributed by atoms with Crippen molar-refractivity contribution in [2.24, 2.45) is 0 Å². The predicted molar refractivity (Wildman–Crippen MR) is 125 cm³/mol. The van der Waals surface area contributed by atoms with Gasteiger partial charge in [-0.15, -0.1) is 0 Å². The second kappa shape index (κ2) is 9.89. The Morgan fingerprint density at radius 2 is 1.59 bits per heavy atom. The van der Waals surface area contributed by atoms with Crippen molar-refractivity contribution in [3.8, 4) is 5.75 Å². The number of rotatable bonds is 6. The van der Waals surface area contributed by atoms with Crippen molar-refractivity contribution in [1.82, 2.24) is 0 Å². The van der Waals surface area contributed by atoms with Crippen molar-refractivity contribution in [3.05, 3.63) is 91.6 Å². The molecule has 0 saturated carbocycles. The number of carbonyl (C=O) groups excluding carboxylic acids is 1. The molecule has 0 heterocycles. The van der Waals surface area contributed by atoms with E-state index >= 15 is 0 Å². The number of hydrogen-bond acceptors (Lipinski definition) is 5. The van der Waals surface area contributed by atoms with E-state index in [2.05, 4.69) is 5.32 Å². The van der Waals surface area contributed by atoms with Gasteiger partial charge in [-0.05, 0) is 42.0 Å². The molecular weight excluding hydrogens is 520 g/mol. The van der Waals surface area contributed by atoms with Crippen LogP contribution in [-0.4, -0.2) is 24.3 Å². The maximum atomic E-state index is 14.0. The van der Waals surface area contributed by atoms with E-state index in [1.54, 1.807) is 5.48 Å². The van der Waals surface area contributed by atoms with Gasteiger partial charge in [0.1, 0.15) is 0 Å². The van der Waals surface area contributed by atoms with Crippen LogP contribution in [-0.2, 0) is 5.60 Å². The number of halogens is 6. The number of methoxy groups -OCH3 is 1. The lowest BCUT2D eigenvalue weighted by atomic mass is 9.85. The summed E-state index contributed by atoms with van der Waals surface area (Å²) in [6.45, 7) is 0. The van der Waals surface area contributed by atoms with Crippen molar-refractivity contribution in [1.29, 1.82) is 0 Å². The fraction of sp³-hybridized carbons (Fsp3) is 0.136. The Morgan fingerprint density at radius 3 is 2.09 bits per heavy atom. The molecule has 0 fully saturated rings. The van der Waals surface area contributed by atoms with Gasteiger partial charge in [0.25, 0.3) is 5.91 Å². The summed E-state index contributed by atoms with van der Waals surface area (Å²) in [5.41, 5.74) is -3.30. The number of para-hydroxylation sites is 1. The highest BCUT2D eigenvalue weighted by molar-refractivity contribution is 6.40. The molecule has 1 unspecified atom stereocenters. The SMILES string of the molecule is COc1c(N[O-])cccc1C(=O)Nc1c(Cl)cc(C(O)(c2ccc(Cl)cc2)C(F)(F)F)cc1Cl. The van der Waals surface area contributed by atoms with Gasteiger partial charge in [-0.25, -0.2) is 0 Å². The van der Waals surface area contributed by atoms with Gasteiger partial charge in [0.05, 0.1) is 34.1 Å². The van der Waals surface area contributed by atoms with Crippen molar-refractivity contribution in [2.45, 2.75) is 11.8 Å². The predicted octanol–water partition coefficient (Wildman–Crippen LogP) is 6.62. The van der Waals surface area contributed by atoms with E-state index in [9.17, 15) is 28.3 Å². The summed E-state index contributed by atoms with van der Waals surface area (Å²) in [7, 11) is 1.25. The molecular formula is C22H15Cl3F3N2O4-. The molecule has 0 aliphatic heterocycles. The third kappa shape index (κ3) is 4.75. The number of aliphatic hydroxyl groups is 1. The summed E-state index contributed by atoms with van der Waals surface area (Å²) in [6, 6.07) is 10.3. The minimum absolute atomic E-state index is 0.0131. The maximum Gasteiger partial charge on any atom is 0.425 e. The van der Waals surface area contributed by atoms with Crippen LogP contribution in [0.1, 0.15) is 21.5 Å². The zero-order chi connectivity index (χ0) is 25.3. The second-order valence-electron chi connectivity index (χ2n) is 6.97. The van der Waals surface area contributed by atoms with E-state index in [1.807, 2.05) is 0 Å². The Bertz CT molecular complexity index is 1200. The first-order chi connectivity index (χ1) is 15.9. The smallest absolute Gasteiger partial charge is 0.425 e. The molecule has 180 valence electrons. The molecule has 0 spiro atoms. The highest BCUT2D eigenvalue weighted by atomic mass is 35.5. The zero-order valence-electron chi connectivity index (χ0n) is 17.1. The topological polar surface area (TPSA) is 93.6 Å². The van der Waals surface area contributed by atoms with Crippen molar-refractivity contribution in [2.75, 3.05) is 17.9 Å². The Hall–Kier alpha value is -2.69. The summed E-state index contributed by atoms with van der Waals surface area (Å²) in [5.74, 6) is -0.859. The van der Waals surface area contributed by atoms with Gasteiger partial charge in [0, 0.05) is 10.6 Å². The molecule has 0 radical (unpaired) electrons. The molecule has 3 rings (SSSR count). The lowest BCUT2D eigenvalue weighted by Gasteiger charge is -2.32. The first-order valence-electron chi connectivity index (χ1n) is 9.35. The number of ether oxygens (including phenoxy) is 1. The highest BCUT2D eigenvalue weighted by Crippen LogP contribution is 2.47. The Labute approximate surface area is 206 Å². The molecule has 3 aromatic carbocycles. The Balaban J connectivity index is 2.05. The molecule has 3 aromatic rings. The van der Waals surface area contributed by atoms with Gasteiger partial charge in [-0.2, -0.15) is 13.2 Å². The quantitative estimate of drug-likeness (QED) is 0.309. The standard InChI is InChI=1S/C22H15Cl3F3N2O4/c1-34-19-14(3-2-4-17(19)30-33)20(31)29-18-15(24)9-12(10-16(18)25)21(32,22(26,27)28)11-5-7-13(23)8-6-11/h2-10,30,32H,1H3,(H,29,31)/q-1. The van der Waals surface area contributed by atoms with E-state index in [4.69, 9.17) is 39.5 Å². The van der Waals surface area contributed by atoms with Gasteiger partial charge in [0.2, 0.25) is 5.60 Å². The average molecular weight is 535 g/mol. The van der Waals surface area contributed by atoms with Gasteiger partial charge < -0.3 is 25.8 Å². The molecule has 0 aliphatic rings. The minimum atomic E-state index is -5.16. The normalized spacial score (nSPS) is 13.2.